The predicted molar refractivity (Wildman–Crippen MR) is 92.7 cm³/mol. The van der Waals surface area contributed by atoms with E-state index in [0.29, 0.717) is 24.5 Å². The standard InChI is InChI=1S/C18H16BrNO3/c1-2-22-15-5-3-4-12(8-15)11-20-18(21)17-10-13-9-14(19)6-7-16(13)23-17/h3-10H,2,11H2,1H3,(H,20,21). The van der Waals surface area contributed by atoms with Crippen molar-refractivity contribution in [1.29, 1.82) is 0 Å². The van der Waals surface area contributed by atoms with E-state index < -0.39 is 0 Å². The summed E-state index contributed by atoms with van der Waals surface area (Å²) < 4.78 is 12.0. The maximum Gasteiger partial charge on any atom is 0.287 e. The molecule has 0 bridgehead atoms. The zero-order valence-electron chi connectivity index (χ0n) is 12.6. The van der Waals surface area contributed by atoms with E-state index in [1.54, 1.807) is 6.07 Å². The number of furan rings is 1. The molecule has 118 valence electrons. The van der Waals surface area contributed by atoms with Crippen molar-refractivity contribution in [3.8, 4) is 5.75 Å². The van der Waals surface area contributed by atoms with Gasteiger partial charge in [-0.1, -0.05) is 28.1 Å². The number of hydrogen-bond acceptors (Lipinski definition) is 3. The van der Waals surface area contributed by atoms with Crippen molar-refractivity contribution in [3.63, 3.8) is 0 Å². The minimum Gasteiger partial charge on any atom is -0.494 e. The summed E-state index contributed by atoms with van der Waals surface area (Å²) in [6.07, 6.45) is 0. The summed E-state index contributed by atoms with van der Waals surface area (Å²) in [5, 5.41) is 3.75. The molecule has 1 amide bonds. The molecule has 0 aliphatic rings. The first-order valence-electron chi connectivity index (χ1n) is 7.35. The van der Waals surface area contributed by atoms with Crippen molar-refractivity contribution in [2.75, 3.05) is 6.61 Å². The van der Waals surface area contributed by atoms with Gasteiger partial charge < -0.3 is 14.5 Å². The number of nitrogens with one attached hydrogen (secondary N) is 1. The summed E-state index contributed by atoms with van der Waals surface area (Å²) >= 11 is 3.41. The van der Waals surface area contributed by atoms with Crippen molar-refractivity contribution >= 4 is 32.8 Å². The summed E-state index contributed by atoms with van der Waals surface area (Å²) in [6, 6.07) is 15.0. The molecule has 0 unspecified atom stereocenters. The molecule has 0 aliphatic carbocycles. The summed E-state index contributed by atoms with van der Waals surface area (Å²) in [7, 11) is 0. The maximum absolute atomic E-state index is 12.2. The second-order valence-electron chi connectivity index (χ2n) is 5.06. The highest BCUT2D eigenvalue weighted by Crippen LogP contribution is 2.23. The molecule has 1 heterocycles. The van der Waals surface area contributed by atoms with Gasteiger partial charge in [-0.05, 0) is 48.9 Å². The molecule has 0 fully saturated rings. The van der Waals surface area contributed by atoms with Crippen LogP contribution >= 0.6 is 15.9 Å². The van der Waals surface area contributed by atoms with Crippen molar-refractivity contribution in [2.24, 2.45) is 0 Å². The third-order valence-electron chi connectivity index (χ3n) is 3.36. The molecule has 0 aliphatic heterocycles. The van der Waals surface area contributed by atoms with Crippen LogP contribution < -0.4 is 10.1 Å². The minimum atomic E-state index is -0.237. The largest absolute Gasteiger partial charge is 0.494 e. The number of ether oxygens (including phenoxy) is 1. The third-order valence-corrected chi connectivity index (χ3v) is 3.86. The second-order valence-corrected chi connectivity index (χ2v) is 5.97. The highest BCUT2D eigenvalue weighted by atomic mass is 79.9. The van der Waals surface area contributed by atoms with Gasteiger partial charge in [-0.25, -0.2) is 0 Å². The summed E-state index contributed by atoms with van der Waals surface area (Å²) in [6.45, 7) is 2.97. The highest BCUT2D eigenvalue weighted by molar-refractivity contribution is 9.10. The molecular formula is C18H16BrNO3. The Morgan fingerprint density at radius 3 is 2.91 bits per heavy atom. The number of amides is 1. The Morgan fingerprint density at radius 1 is 1.22 bits per heavy atom. The SMILES string of the molecule is CCOc1cccc(CNC(=O)c2cc3cc(Br)ccc3o2)c1. The molecule has 3 aromatic rings. The van der Waals surface area contributed by atoms with Gasteiger partial charge in [0.05, 0.1) is 6.61 Å². The molecule has 4 nitrogen and oxygen atoms in total. The minimum absolute atomic E-state index is 0.237. The van der Waals surface area contributed by atoms with Gasteiger partial charge in [0.15, 0.2) is 5.76 Å². The molecule has 1 N–H and O–H groups in total. The molecule has 5 heteroatoms. The van der Waals surface area contributed by atoms with Crippen LogP contribution in [0.15, 0.2) is 57.4 Å². The van der Waals surface area contributed by atoms with Crippen molar-refractivity contribution in [1.82, 2.24) is 5.32 Å². The highest BCUT2D eigenvalue weighted by Gasteiger charge is 2.12. The number of benzene rings is 2. The van der Waals surface area contributed by atoms with Gasteiger partial charge >= 0.3 is 0 Å². The van der Waals surface area contributed by atoms with Crippen LogP contribution in [0.25, 0.3) is 11.0 Å². The number of hydrogen-bond donors (Lipinski definition) is 1. The first-order valence-corrected chi connectivity index (χ1v) is 8.14. The fourth-order valence-electron chi connectivity index (χ4n) is 2.31. The lowest BCUT2D eigenvalue weighted by molar-refractivity contribution is 0.0925. The molecule has 2 aromatic carbocycles. The van der Waals surface area contributed by atoms with E-state index in [0.717, 1.165) is 21.2 Å². The van der Waals surface area contributed by atoms with Gasteiger partial charge in [0.2, 0.25) is 0 Å². The van der Waals surface area contributed by atoms with Crippen LogP contribution in [0.3, 0.4) is 0 Å². The number of rotatable bonds is 5. The lowest BCUT2D eigenvalue weighted by atomic mass is 10.2. The molecule has 0 spiro atoms. The Bertz CT molecular complexity index is 841. The van der Waals surface area contributed by atoms with Gasteiger partial charge in [-0.2, -0.15) is 0 Å². The summed E-state index contributed by atoms with van der Waals surface area (Å²) in [5.74, 6) is 0.867. The van der Waals surface area contributed by atoms with Gasteiger partial charge in [0.1, 0.15) is 11.3 Å². The number of halogens is 1. The molecular weight excluding hydrogens is 358 g/mol. The molecule has 1 aromatic heterocycles. The summed E-state index contributed by atoms with van der Waals surface area (Å²) in [5.41, 5.74) is 1.67. The van der Waals surface area contributed by atoms with Crippen LogP contribution in [0.5, 0.6) is 5.75 Å². The third kappa shape index (κ3) is 3.74. The quantitative estimate of drug-likeness (QED) is 0.714. The average Bonchev–Trinajstić information content (AvgIpc) is 2.96. The van der Waals surface area contributed by atoms with Gasteiger partial charge in [0.25, 0.3) is 5.91 Å². The zero-order chi connectivity index (χ0) is 16.2. The summed E-state index contributed by atoms with van der Waals surface area (Å²) in [4.78, 5) is 12.2. The fraction of sp³-hybridized carbons (Fsp3) is 0.167. The van der Waals surface area contributed by atoms with E-state index in [2.05, 4.69) is 21.2 Å². The molecule has 0 atom stereocenters. The zero-order valence-corrected chi connectivity index (χ0v) is 14.2. The Kier molecular flexibility index (Phi) is 4.67. The first-order chi connectivity index (χ1) is 11.2. The fourth-order valence-corrected chi connectivity index (χ4v) is 2.69. The van der Waals surface area contributed by atoms with E-state index >= 15 is 0 Å². The number of carbonyl (C=O) groups excluding carboxylic acids is 1. The van der Waals surface area contributed by atoms with E-state index in [4.69, 9.17) is 9.15 Å². The molecule has 0 saturated carbocycles. The monoisotopic (exact) mass is 373 g/mol. The van der Waals surface area contributed by atoms with E-state index in [1.807, 2.05) is 49.4 Å². The molecule has 23 heavy (non-hydrogen) atoms. The molecule has 0 radical (unpaired) electrons. The van der Waals surface area contributed by atoms with Crippen molar-refractivity contribution in [2.45, 2.75) is 13.5 Å². The van der Waals surface area contributed by atoms with E-state index in [9.17, 15) is 4.79 Å². The van der Waals surface area contributed by atoms with Crippen LogP contribution in [0.4, 0.5) is 0 Å². The molecule has 3 rings (SSSR count). The number of carbonyl (C=O) groups is 1. The van der Waals surface area contributed by atoms with Crippen LogP contribution in [-0.4, -0.2) is 12.5 Å². The first kappa shape index (κ1) is 15.6. The Balaban J connectivity index is 1.69. The van der Waals surface area contributed by atoms with E-state index in [-0.39, 0.29) is 5.91 Å². The van der Waals surface area contributed by atoms with Crippen molar-refractivity contribution in [3.05, 3.63) is 64.3 Å². The van der Waals surface area contributed by atoms with Gasteiger partial charge in [0, 0.05) is 16.4 Å². The lowest BCUT2D eigenvalue weighted by Crippen LogP contribution is -2.22. The van der Waals surface area contributed by atoms with Crippen LogP contribution in [-0.2, 0) is 6.54 Å². The van der Waals surface area contributed by atoms with Crippen LogP contribution in [0.2, 0.25) is 0 Å². The molecule has 0 saturated heterocycles. The lowest BCUT2D eigenvalue weighted by Gasteiger charge is -2.06. The smallest absolute Gasteiger partial charge is 0.287 e. The normalized spacial score (nSPS) is 10.7. The Labute approximate surface area is 142 Å². The topological polar surface area (TPSA) is 51.5 Å². The van der Waals surface area contributed by atoms with Gasteiger partial charge in [-0.3, -0.25) is 4.79 Å². The average molecular weight is 374 g/mol. The number of fused-ring (bicyclic) bond motifs is 1. The van der Waals surface area contributed by atoms with E-state index in [1.165, 1.54) is 0 Å². The van der Waals surface area contributed by atoms with Crippen molar-refractivity contribution < 1.29 is 13.9 Å². The van der Waals surface area contributed by atoms with Crippen LogP contribution in [0, 0.1) is 0 Å². The second kappa shape index (κ2) is 6.87. The van der Waals surface area contributed by atoms with Crippen LogP contribution in [0.1, 0.15) is 23.0 Å². The Hall–Kier alpha value is -2.27. The van der Waals surface area contributed by atoms with Gasteiger partial charge in [-0.15, -0.1) is 0 Å². The Morgan fingerprint density at radius 2 is 2.09 bits per heavy atom. The predicted octanol–water partition coefficient (Wildman–Crippen LogP) is 4.52. The maximum atomic E-state index is 12.2.